The lowest BCUT2D eigenvalue weighted by molar-refractivity contribution is 0.0638. The van der Waals surface area contributed by atoms with Crippen LogP contribution in [-0.4, -0.2) is 35.4 Å². The number of hydrogen-bond acceptors (Lipinski definition) is 4. The van der Waals surface area contributed by atoms with Crippen molar-refractivity contribution < 1.29 is 9.18 Å². The minimum absolute atomic E-state index is 0. The monoisotopic (exact) mass is 419 g/mol. The summed E-state index contributed by atoms with van der Waals surface area (Å²) >= 11 is 1.49. The maximum Gasteiger partial charge on any atom is 0.266 e. The highest BCUT2D eigenvalue weighted by Gasteiger charge is 2.30. The molecule has 1 unspecified atom stereocenters. The van der Waals surface area contributed by atoms with Crippen molar-refractivity contribution in [3.63, 3.8) is 0 Å². The molecule has 8 heteroatoms. The average Bonchev–Trinajstić information content (AvgIpc) is 2.95. The van der Waals surface area contributed by atoms with Gasteiger partial charge in [0, 0.05) is 19.6 Å². The predicted octanol–water partition coefficient (Wildman–Crippen LogP) is 4.17. The van der Waals surface area contributed by atoms with E-state index in [1.54, 1.807) is 6.07 Å². The van der Waals surface area contributed by atoms with Gasteiger partial charge in [-0.3, -0.25) is 4.79 Å². The van der Waals surface area contributed by atoms with Crippen molar-refractivity contribution in [2.45, 2.75) is 32.7 Å². The highest BCUT2D eigenvalue weighted by Crippen LogP contribution is 2.28. The molecule has 2 aromatic rings. The summed E-state index contributed by atoms with van der Waals surface area (Å²) in [6.07, 6.45) is 1.91. The van der Waals surface area contributed by atoms with Crippen LogP contribution in [0.25, 0.3) is 0 Å². The van der Waals surface area contributed by atoms with Crippen LogP contribution in [0.3, 0.4) is 0 Å². The highest BCUT2D eigenvalue weighted by atomic mass is 35.5. The Labute approximate surface area is 170 Å². The molecule has 144 valence electrons. The summed E-state index contributed by atoms with van der Waals surface area (Å²) in [6.45, 7) is 5.99. The Morgan fingerprint density at radius 3 is 2.88 bits per heavy atom. The van der Waals surface area contributed by atoms with Gasteiger partial charge in [0.15, 0.2) is 0 Å². The second kappa shape index (κ2) is 10.2. The van der Waals surface area contributed by atoms with E-state index in [-0.39, 0.29) is 42.6 Å². The van der Waals surface area contributed by atoms with Crippen molar-refractivity contribution >= 4 is 42.1 Å². The van der Waals surface area contributed by atoms with E-state index in [0.717, 1.165) is 35.7 Å². The van der Waals surface area contributed by atoms with Crippen LogP contribution in [0.2, 0.25) is 0 Å². The number of rotatable bonds is 4. The van der Waals surface area contributed by atoms with Crippen LogP contribution >= 0.6 is 36.2 Å². The number of carbonyl (C=O) groups is 1. The van der Waals surface area contributed by atoms with Crippen molar-refractivity contribution in [1.82, 2.24) is 15.2 Å². The Bertz CT molecular complexity index is 741. The first-order valence-corrected chi connectivity index (χ1v) is 9.15. The summed E-state index contributed by atoms with van der Waals surface area (Å²) in [5.74, 6) is -0.271. The molecule has 1 aliphatic heterocycles. The quantitative estimate of drug-likeness (QED) is 0.808. The smallest absolute Gasteiger partial charge is 0.266 e. The van der Waals surface area contributed by atoms with Crippen molar-refractivity contribution in [2.24, 2.45) is 0 Å². The van der Waals surface area contributed by atoms with E-state index in [1.165, 1.54) is 23.5 Å². The molecule has 1 saturated heterocycles. The maximum atomic E-state index is 13.6. The first-order chi connectivity index (χ1) is 11.6. The zero-order chi connectivity index (χ0) is 17.1. The molecule has 1 aromatic heterocycles. The number of benzene rings is 1. The van der Waals surface area contributed by atoms with Gasteiger partial charge in [0.05, 0.1) is 16.7 Å². The molecule has 0 radical (unpaired) electrons. The molecule has 26 heavy (non-hydrogen) atoms. The standard InChI is InChI=1S/C18H22FN3OS.2ClH/c1-3-5-16-21-12(2)17(24-16)18(23)22-9-8-20-11-15(22)13-6-4-7-14(19)10-13;;/h4,6-7,10,15,20H,3,5,8-9,11H2,1-2H3;2*1H. The summed E-state index contributed by atoms with van der Waals surface area (Å²) in [5.41, 5.74) is 1.62. The molecule has 1 N–H and O–H groups in total. The van der Waals surface area contributed by atoms with Gasteiger partial charge < -0.3 is 10.2 Å². The number of hydrogen-bond donors (Lipinski definition) is 1. The summed E-state index contributed by atoms with van der Waals surface area (Å²) < 4.78 is 13.6. The topological polar surface area (TPSA) is 45.2 Å². The molecule has 4 nitrogen and oxygen atoms in total. The Morgan fingerprint density at radius 1 is 1.42 bits per heavy atom. The number of nitrogens with one attached hydrogen (secondary N) is 1. The number of nitrogens with zero attached hydrogens (tertiary/aromatic N) is 2. The Balaban J connectivity index is 0.00000169. The third kappa shape index (κ3) is 4.94. The van der Waals surface area contributed by atoms with E-state index >= 15 is 0 Å². The molecule has 1 aliphatic rings. The lowest BCUT2D eigenvalue weighted by Crippen LogP contribution is -2.48. The normalized spacial score (nSPS) is 16.6. The lowest BCUT2D eigenvalue weighted by Gasteiger charge is -2.36. The van der Waals surface area contributed by atoms with Crippen LogP contribution in [0.4, 0.5) is 4.39 Å². The fourth-order valence-electron chi connectivity index (χ4n) is 3.06. The molecule has 1 fully saturated rings. The van der Waals surface area contributed by atoms with Crippen molar-refractivity contribution in [3.05, 3.63) is 51.2 Å². The number of aryl methyl sites for hydroxylation is 2. The molecular weight excluding hydrogens is 396 g/mol. The van der Waals surface area contributed by atoms with Gasteiger partial charge in [0.25, 0.3) is 5.91 Å². The average molecular weight is 420 g/mol. The number of aromatic nitrogens is 1. The molecule has 1 amide bonds. The fraction of sp³-hybridized carbons (Fsp3) is 0.444. The molecule has 1 atom stereocenters. The number of thiazole rings is 1. The summed E-state index contributed by atoms with van der Waals surface area (Å²) in [7, 11) is 0. The van der Waals surface area contributed by atoms with E-state index in [1.807, 2.05) is 17.9 Å². The second-order valence-electron chi connectivity index (χ2n) is 6.05. The zero-order valence-corrected chi connectivity index (χ0v) is 17.3. The van der Waals surface area contributed by atoms with Gasteiger partial charge in [0.2, 0.25) is 0 Å². The first kappa shape index (κ1) is 22.8. The van der Waals surface area contributed by atoms with E-state index in [2.05, 4.69) is 17.2 Å². The van der Waals surface area contributed by atoms with Crippen LogP contribution in [0.1, 0.15) is 45.3 Å². The van der Waals surface area contributed by atoms with Crippen molar-refractivity contribution in [1.29, 1.82) is 0 Å². The van der Waals surface area contributed by atoms with E-state index < -0.39 is 0 Å². The molecule has 0 aliphatic carbocycles. The Kier molecular flexibility index (Phi) is 8.96. The Morgan fingerprint density at radius 2 is 2.19 bits per heavy atom. The van der Waals surface area contributed by atoms with Crippen molar-refractivity contribution in [2.75, 3.05) is 19.6 Å². The molecule has 2 heterocycles. The number of carbonyl (C=O) groups excluding carboxylic acids is 1. The van der Waals surface area contributed by atoms with Gasteiger partial charge in [-0.25, -0.2) is 9.37 Å². The van der Waals surface area contributed by atoms with Gasteiger partial charge >= 0.3 is 0 Å². The largest absolute Gasteiger partial charge is 0.328 e. The summed E-state index contributed by atoms with van der Waals surface area (Å²) in [6, 6.07) is 6.36. The summed E-state index contributed by atoms with van der Waals surface area (Å²) in [5, 5.41) is 4.31. The third-order valence-electron chi connectivity index (χ3n) is 4.24. The van der Waals surface area contributed by atoms with Gasteiger partial charge in [-0.05, 0) is 37.5 Å². The van der Waals surface area contributed by atoms with E-state index in [9.17, 15) is 9.18 Å². The number of piperazine rings is 1. The zero-order valence-electron chi connectivity index (χ0n) is 14.8. The fourth-order valence-corrected chi connectivity index (χ4v) is 4.18. The minimum atomic E-state index is -0.273. The van der Waals surface area contributed by atoms with Gasteiger partial charge in [0.1, 0.15) is 10.7 Å². The molecule has 0 bridgehead atoms. The highest BCUT2D eigenvalue weighted by molar-refractivity contribution is 7.13. The van der Waals surface area contributed by atoms with Crippen LogP contribution < -0.4 is 5.32 Å². The lowest BCUT2D eigenvalue weighted by atomic mass is 10.0. The Hall–Kier alpha value is -1.21. The maximum absolute atomic E-state index is 13.6. The van der Waals surface area contributed by atoms with Crippen LogP contribution in [0, 0.1) is 12.7 Å². The predicted molar refractivity (Wildman–Crippen MR) is 108 cm³/mol. The molecule has 0 saturated carbocycles. The minimum Gasteiger partial charge on any atom is -0.328 e. The SMILES string of the molecule is CCCc1nc(C)c(C(=O)N2CCNCC2c2cccc(F)c2)s1.Cl.Cl. The molecule has 0 spiro atoms. The van der Waals surface area contributed by atoms with Crippen LogP contribution in [-0.2, 0) is 6.42 Å². The number of halogens is 3. The molecular formula is C18H24Cl2FN3OS. The van der Waals surface area contributed by atoms with E-state index in [0.29, 0.717) is 18.0 Å². The number of amides is 1. The van der Waals surface area contributed by atoms with Crippen LogP contribution in [0.5, 0.6) is 0 Å². The second-order valence-corrected chi connectivity index (χ2v) is 7.13. The van der Waals surface area contributed by atoms with Gasteiger partial charge in [-0.2, -0.15) is 0 Å². The van der Waals surface area contributed by atoms with E-state index in [4.69, 9.17) is 0 Å². The molecule has 3 rings (SSSR count). The summed E-state index contributed by atoms with van der Waals surface area (Å²) in [4.78, 5) is 20.2. The first-order valence-electron chi connectivity index (χ1n) is 8.33. The van der Waals surface area contributed by atoms with Gasteiger partial charge in [-0.1, -0.05) is 19.1 Å². The third-order valence-corrected chi connectivity index (χ3v) is 5.44. The van der Waals surface area contributed by atoms with Crippen LogP contribution in [0.15, 0.2) is 24.3 Å². The van der Waals surface area contributed by atoms with Crippen molar-refractivity contribution in [3.8, 4) is 0 Å². The molecule has 1 aromatic carbocycles. The van der Waals surface area contributed by atoms with Gasteiger partial charge in [-0.15, -0.1) is 36.2 Å².